The molecule has 0 aromatic carbocycles. The molecule has 0 aliphatic rings. The topological polar surface area (TPSA) is 12.0 Å². The maximum atomic E-state index is 3.43. The summed E-state index contributed by atoms with van der Waals surface area (Å²) in [4.78, 5) is 2.94. The smallest absolute Gasteiger partial charge is 0.00486 e. The molecular formula is C11H19NS. The first-order valence-electron chi connectivity index (χ1n) is 5.01. The first kappa shape index (κ1) is 10.7. The van der Waals surface area contributed by atoms with Gasteiger partial charge in [-0.15, -0.1) is 11.3 Å². The van der Waals surface area contributed by atoms with Crippen LogP contribution in [0.15, 0.2) is 12.1 Å². The Morgan fingerprint density at radius 3 is 2.77 bits per heavy atom. The van der Waals surface area contributed by atoms with Crippen LogP contribution in [0.4, 0.5) is 0 Å². The Morgan fingerprint density at radius 1 is 1.46 bits per heavy atom. The van der Waals surface area contributed by atoms with Gasteiger partial charge in [-0.25, -0.2) is 0 Å². The Balaban J connectivity index is 2.26. The quantitative estimate of drug-likeness (QED) is 0.765. The number of thiophene rings is 1. The van der Waals surface area contributed by atoms with Crippen molar-refractivity contribution in [2.75, 3.05) is 6.54 Å². The van der Waals surface area contributed by atoms with E-state index in [-0.39, 0.29) is 0 Å². The Labute approximate surface area is 85.2 Å². The van der Waals surface area contributed by atoms with Crippen LogP contribution in [0.5, 0.6) is 0 Å². The van der Waals surface area contributed by atoms with Crippen LogP contribution in [0.1, 0.15) is 30.0 Å². The second-order valence-corrected chi connectivity index (χ2v) is 4.88. The van der Waals surface area contributed by atoms with Crippen molar-refractivity contribution in [3.05, 3.63) is 21.9 Å². The molecule has 1 nitrogen and oxygen atoms in total. The molecule has 1 aromatic rings. The highest BCUT2D eigenvalue weighted by Crippen LogP contribution is 2.17. The molecule has 2 heteroatoms. The normalized spacial score (nSPS) is 13.2. The Kier molecular flexibility index (Phi) is 4.46. The van der Waals surface area contributed by atoms with Crippen LogP contribution in [-0.4, -0.2) is 12.6 Å². The fourth-order valence-corrected chi connectivity index (χ4v) is 2.33. The standard InChI is InChI=1S/C11H19NS/c1-4-12-9(2)5-7-11-8-6-10(3)13-11/h6,8-9,12H,4-5,7H2,1-3H3. The fraction of sp³-hybridized carbons (Fsp3) is 0.636. The van der Waals surface area contributed by atoms with Crippen LogP contribution in [-0.2, 0) is 6.42 Å². The van der Waals surface area contributed by atoms with Crippen LogP contribution in [0, 0.1) is 6.92 Å². The molecule has 0 fully saturated rings. The van der Waals surface area contributed by atoms with Gasteiger partial charge >= 0.3 is 0 Å². The first-order chi connectivity index (χ1) is 6.22. The van der Waals surface area contributed by atoms with Gasteiger partial charge in [0.25, 0.3) is 0 Å². The number of hydrogen-bond acceptors (Lipinski definition) is 2. The van der Waals surface area contributed by atoms with Gasteiger partial charge in [-0.05, 0) is 45.4 Å². The van der Waals surface area contributed by atoms with Gasteiger partial charge < -0.3 is 5.32 Å². The van der Waals surface area contributed by atoms with Crippen LogP contribution in [0.2, 0.25) is 0 Å². The summed E-state index contributed by atoms with van der Waals surface area (Å²) in [5, 5.41) is 3.43. The summed E-state index contributed by atoms with van der Waals surface area (Å²) < 4.78 is 0. The van der Waals surface area contributed by atoms with E-state index in [1.54, 1.807) is 0 Å². The lowest BCUT2D eigenvalue weighted by Crippen LogP contribution is -2.25. The van der Waals surface area contributed by atoms with Crippen LogP contribution in [0.3, 0.4) is 0 Å². The number of rotatable bonds is 5. The second kappa shape index (κ2) is 5.40. The molecule has 0 aliphatic heterocycles. The lowest BCUT2D eigenvalue weighted by molar-refractivity contribution is 0.532. The van der Waals surface area contributed by atoms with Crippen LogP contribution < -0.4 is 5.32 Å². The zero-order valence-corrected chi connectivity index (χ0v) is 9.58. The third kappa shape index (κ3) is 3.92. The van der Waals surface area contributed by atoms with Crippen molar-refractivity contribution >= 4 is 11.3 Å². The Bertz CT molecular complexity index is 242. The van der Waals surface area contributed by atoms with Gasteiger partial charge in [-0.1, -0.05) is 6.92 Å². The molecule has 1 heterocycles. The maximum absolute atomic E-state index is 3.43. The van der Waals surface area contributed by atoms with Crippen molar-refractivity contribution in [1.29, 1.82) is 0 Å². The van der Waals surface area contributed by atoms with E-state index >= 15 is 0 Å². The summed E-state index contributed by atoms with van der Waals surface area (Å²) in [6.07, 6.45) is 2.46. The molecule has 0 aliphatic carbocycles. The minimum Gasteiger partial charge on any atom is -0.315 e. The molecule has 1 aromatic heterocycles. The number of nitrogens with one attached hydrogen (secondary N) is 1. The van der Waals surface area contributed by atoms with Gasteiger partial charge in [0, 0.05) is 15.8 Å². The molecule has 13 heavy (non-hydrogen) atoms. The van der Waals surface area contributed by atoms with Gasteiger partial charge in [0.2, 0.25) is 0 Å². The van der Waals surface area contributed by atoms with E-state index in [4.69, 9.17) is 0 Å². The highest BCUT2D eigenvalue weighted by molar-refractivity contribution is 7.11. The molecule has 0 bridgehead atoms. The second-order valence-electron chi connectivity index (χ2n) is 3.51. The molecule has 0 saturated heterocycles. The predicted molar refractivity (Wildman–Crippen MR) is 60.5 cm³/mol. The predicted octanol–water partition coefficient (Wildman–Crippen LogP) is 2.99. The molecule has 0 spiro atoms. The van der Waals surface area contributed by atoms with E-state index in [1.807, 2.05) is 11.3 Å². The highest BCUT2D eigenvalue weighted by Gasteiger charge is 2.01. The molecule has 0 saturated carbocycles. The highest BCUT2D eigenvalue weighted by atomic mass is 32.1. The third-order valence-corrected chi connectivity index (χ3v) is 3.23. The summed E-state index contributed by atoms with van der Waals surface area (Å²) in [6, 6.07) is 5.10. The monoisotopic (exact) mass is 197 g/mol. The van der Waals surface area contributed by atoms with Crippen molar-refractivity contribution in [2.24, 2.45) is 0 Å². The molecule has 0 amide bonds. The first-order valence-corrected chi connectivity index (χ1v) is 5.82. The summed E-state index contributed by atoms with van der Waals surface area (Å²) in [5.41, 5.74) is 0. The summed E-state index contributed by atoms with van der Waals surface area (Å²) >= 11 is 1.92. The number of aryl methyl sites for hydroxylation is 2. The van der Waals surface area contributed by atoms with Gasteiger partial charge in [-0.2, -0.15) is 0 Å². The van der Waals surface area contributed by atoms with E-state index in [9.17, 15) is 0 Å². The minimum absolute atomic E-state index is 0.646. The molecular weight excluding hydrogens is 178 g/mol. The van der Waals surface area contributed by atoms with Crippen molar-refractivity contribution in [2.45, 2.75) is 39.7 Å². The fourth-order valence-electron chi connectivity index (χ4n) is 1.43. The summed E-state index contributed by atoms with van der Waals surface area (Å²) in [6.45, 7) is 7.66. The maximum Gasteiger partial charge on any atom is 0.00486 e. The summed E-state index contributed by atoms with van der Waals surface area (Å²) in [5.74, 6) is 0. The third-order valence-electron chi connectivity index (χ3n) is 2.17. The Hall–Kier alpha value is -0.340. The molecule has 1 rings (SSSR count). The lowest BCUT2D eigenvalue weighted by Gasteiger charge is -2.10. The van der Waals surface area contributed by atoms with Crippen molar-refractivity contribution < 1.29 is 0 Å². The van der Waals surface area contributed by atoms with Gasteiger partial charge in [0.15, 0.2) is 0 Å². The van der Waals surface area contributed by atoms with Crippen molar-refractivity contribution in [3.8, 4) is 0 Å². The van der Waals surface area contributed by atoms with E-state index in [1.165, 1.54) is 22.6 Å². The SMILES string of the molecule is CCNC(C)CCc1ccc(C)s1. The van der Waals surface area contributed by atoms with Crippen LogP contribution in [0.25, 0.3) is 0 Å². The molecule has 1 atom stereocenters. The van der Waals surface area contributed by atoms with E-state index in [2.05, 4.69) is 38.2 Å². The summed E-state index contributed by atoms with van der Waals surface area (Å²) in [7, 11) is 0. The van der Waals surface area contributed by atoms with Gasteiger partial charge in [-0.3, -0.25) is 0 Å². The Morgan fingerprint density at radius 2 is 2.23 bits per heavy atom. The molecule has 74 valence electrons. The van der Waals surface area contributed by atoms with Gasteiger partial charge in [0.1, 0.15) is 0 Å². The zero-order chi connectivity index (χ0) is 9.68. The van der Waals surface area contributed by atoms with E-state index in [0.717, 1.165) is 6.54 Å². The average Bonchev–Trinajstić information content (AvgIpc) is 2.49. The van der Waals surface area contributed by atoms with Crippen LogP contribution >= 0.6 is 11.3 Å². The minimum atomic E-state index is 0.646. The van der Waals surface area contributed by atoms with Gasteiger partial charge in [0.05, 0.1) is 0 Å². The average molecular weight is 197 g/mol. The molecule has 1 unspecified atom stereocenters. The van der Waals surface area contributed by atoms with Crippen molar-refractivity contribution in [1.82, 2.24) is 5.32 Å². The molecule has 1 N–H and O–H groups in total. The van der Waals surface area contributed by atoms with Crippen molar-refractivity contribution in [3.63, 3.8) is 0 Å². The lowest BCUT2D eigenvalue weighted by atomic mass is 10.1. The van der Waals surface area contributed by atoms with E-state index < -0.39 is 0 Å². The molecule has 0 radical (unpaired) electrons. The van der Waals surface area contributed by atoms with E-state index in [0.29, 0.717) is 6.04 Å². The zero-order valence-electron chi connectivity index (χ0n) is 8.76. The number of hydrogen-bond donors (Lipinski definition) is 1. The largest absolute Gasteiger partial charge is 0.315 e.